The second kappa shape index (κ2) is 19.1. The lowest BCUT2D eigenvalue weighted by Gasteiger charge is -2.22. The third-order valence-corrected chi connectivity index (χ3v) is 6.85. The summed E-state index contributed by atoms with van der Waals surface area (Å²) in [5, 5.41) is 0. The van der Waals surface area contributed by atoms with Crippen LogP contribution in [0.4, 0.5) is 4.79 Å². The van der Waals surface area contributed by atoms with Gasteiger partial charge in [-0.25, -0.2) is 4.79 Å². The van der Waals surface area contributed by atoms with Crippen molar-refractivity contribution in [1.82, 2.24) is 0 Å². The minimum Gasteiger partial charge on any atom is -0.458 e. The Kier molecular flexibility index (Phi) is 16.7. The Labute approximate surface area is 244 Å². The number of esters is 3. The van der Waals surface area contributed by atoms with E-state index in [-0.39, 0.29) is 49.2 Å². The van der Waals surface area contributed by atoms with Crippen LogP contribution in [0.15, 0.2) is 18.2 Å². The Bertz CT molecular complexity index is 980. The number of unbranched alkanes of at least 4 members (excludes halogenated alkanes) is 2. The normalized spacial score (nSPS) is 14.6. The molecule has 0 fully saturated rings. The summed E-state index contributed by atoms with van der Waals surface area (Å²) in [6.07, 6.45) is 2.51. The van der Waals surface area contributed by atoms with Crippen LogP contribution in [0.5, 0.6) is 11.5 Å². The molecule has 0 saturated heterocycles. The number of hydrogen-bond acceptors (Lipinski definition) is 10. The van der Waals surface area contributed by atoms with Gasteiger partial charge in [0.05, 0.1) is 6.61 Å². The molecule has 10 nitrogen and oxygen atoms in total. The first-order valence-corrected chi connectivity index (χ1v) is 14.7. The van der Waals surface area contributed by atoms with Crippen LogP contribution in [0.3, 0.4) is 0 Å². The lowest BCUT2D eigenvalue weighted by molar-refractivity contribution is -0.155. The molecule has 2 N–H and O–H groups in total. The fraction of sp³-hybridized carbons (Fsp3) is 0.677. The standard InChI is InChI=1S/C31H49NO9/c1-8-11-12-15-37-31(36)39-23(7)22(6)38-30(35)25(32)18-24-13-14-26(40-28(33)16-20(4)9-2)27(19-24)41-29(34)17-21(5)10-3/h13-14,19-23,25H,8-12,15-18,32H2,1-7H3/t20?,21?,22-,23-,25-/m0/s1. The Hall–Kier alpha value is -3.14. The number of rotatable bonds is 18. The van der Waals surface area contributed by atoms with E-state index in [9.17, 15) is 19.2 Å². The van der Waals surface area contributed by atoms with Crippen LogP contribution >= 0.6 is 0 Å². The smallest absolute Gasteiger partial charge is 0.458 e. The van der Waals surface area contributed by atoms with Gasteiger partial charge in [-0.15, -0.1) is 0 Å². The van der Waals surface area contributed by atoms with Crippen LogP contribution in [-0.2, 0) is 35.0 Å². The number of ether oxygens (including phenoxy) is 5. The van der Waals surface area contributed by atoms with Crippen molar-refractivity contribution >= 4 is 24.1 Å². The van der Waals surface area contributed by atoms with Crippen LogP contribution in [0.2, 0.25) is 0 Å². The summed E-state index contributed by atoms with van der Waals surface area (Å²) in [6, 6.07) is 3.66. The zero-order chi connectivity index (χ0) is 30.9. The summed E-state index contributed by atoms with van der Waals surface area (Å²) in [4.78, 5) is 49.5. The van der Waals surface area contributed by atoms with Gasteiger partial charge in [-0.2, -0.15) is 0 Å². The van der Waals surface area contributed by atoms with E-state index in [1.165, 1.54) is 12.1 Å². The van der Waals surface area contributed by atoms with E-state index in [1.54, 1.807) is 19.9 Å². The third kappa shape index (κ3) is 14.4. The summed E-state index contributed by atoms with van der Waals surface area (Å²) < 4.78 is 26.7. The van der Waals surface area contributed by atoms with Crippen LogP contribution < -0.4 is 15.2 Å². The highest BCUT2D eigenvalue weighted by Crippen LogP contribution is 2.31. The molecule has 10 heteroatoms. The number of hydrogen-bond donors (Lipinski definition) is 1. The SMILES string of the molecule is CCCCCOC(=O)O[C@@H](C)[C@H](C)OC(=O)[C@@H](N)Cc1ccc(OC(=O)CC(C)CC)c(OC(=O)CC(C)CC)c1. The van der Waals surface area contributed by atoms with Crippen molar-refractivity contribution < 1.29 is 42.9 Å². The molecule has 0 heterocycles. The maximum atomic E-state index is 12.7. The average Bonchev–Trinajstić information content (AvgIpc) is 2.91. The largest absolute Gasteiger partial charge is 0.508 e. The molecule has 0 amide bonds. The molecule has 0 aliphatic carbocycles. The third-order valence-electron chi connectivity index (χ3n) is 6.85. The van der Waals surface area contributed by atoms with Gasteiger partial charge in [0, 0.05) is 12.8 Å². The maximum Gasteiger partial charge on any atom is 0.508 e. The molecule has 232 valence electrons. The topological polar surface area (TPSA) is 140 Å². The summed E-state index contributed by atoms with van der Waals surface area (Å²) >= 11 is 0. The first-order chi connectivity index (χ1) is 19.4. The predicted octanol–water partition coefficient (Wildman–Crippen LogP) is 5.90. The van der Waals surface area contributed by atoms with Gasteiger partial charge in [0.25, 0.3) is 0 Å². The molecular formula is C31H49NO9. The fourth-order valence-electron chi connectivity index (χ4n) is 3.52. The molecule has 41 heavy (non-hydrogen) atoms. The maximum absolute atomic E-state index is 12.7. The zero-order valence-corrected chi connectivity index (χ0v) is 25.7. The first-order valence-electron chi connectivity index (χ1n) is 14.7. The number of nitrogens with two attached hydrogens (primary N) is 1. The summed E-state index contributed by atoms with van der Waals surface area (Å²) in [5.74, 6) is -1.09. The van der Waals surface area contributed by atoms with Crippen molar-refractivity contribution in [3.8, 4) is 11.5 Å². The Morgan fingerprint density at radius 1 is 0.780 bits per heavy atom. The highest BCUT2D eigenvalue weighted by atomic mass is 16.7. The van der Waals surface area contributed by atoms with Crippen molar-refractivity contribution in [2.45, 2.75) is 118 Å². The quantitative estimate of drug-likeness (QED) is 0.127. The van der Waals surface area contributed by atoms with Gasteiger partial charge >= 0.3 is 24.1 Å². The summed E-state index contributed by atoms with van der Waals surface area (Å²) in [5.41, 5.74) is 6.70. The molecule has 1 rings (SSSR count). The molecule has 0 aliphatic rings. The molecule has 0 spiro atoms. The van der Waals surface area contributed by atoms with Crippen LogP contribution in [-0.4, -0.2) is 48.9 Å². The highest BCUT2D eigenvalue weighted by molar-refractivity contribution is 5.77. The highest BCUT2D eigenvalue weighted by Gasteiger charge is 2.25. The van der Waals surface area contributed by atoms with E-state index in [2.05, 4.69) is 0 Å². The van der Waals surface area contributed by atoms with Gasteiger partial charge in [-0.05, 0) is 56.2 Å². The van der Waals surface area contributed by atoms with Crippen molar-refractivity contribution in [2.24, 2.45) is 17.6 Å². The average molecular weight is 580 g/mol. The molecule has 2 unspecified atom stereocenters. The van der Waals surface area contributed by atoms with Gasteiger partial charge in [0.15, 0.2) is 11.5 Å². The molecule has 1 aromatic rings. The van der Waals surface area contributed by atoms with Crippen molar-refractivity contribution in [2.75, 3.05) is 6.61 Å². The van der Waals surface area contributed by atoms with E-state index in [0.717, 1.165) is 32.1 Å². The molecular weight excluding hydrogens is 530 g/mol. The minimum atomic E-state index is -1.05. The minimum absolute atomic E-state index is 0.0667. The molecule has 1 aromatic carbocycles. The van der Waals surface area contributed by atoms with Crippen molar-refractivity contribution in [1.29, 1.82) is 0 Å². The van der Waals surface area contributed by atoms with E-state index in [4.69, 9.17) is 29.4 Å². The lowest BCUT2D eigenvalue weighted by Crippen LogP contribution is -2.39. The van der Waals surface area contributed by atoms with Gasteiger partial charge in [-0.1, -0.05) is 66.4 Å². The van der Waals surface area contributed by atoms with Crippen LogP contribution in [0.1, 0.15) is 99.0 Å². The second-order valence-corrected chi connectivity index (χ2v) is 10.7. The lowest BCUT2D eigenvalue weighted by atomic mass is 10.0. The van der Waals surface area contributed by atoms with Crippen molar-refractivity contribution in [3.05, 3.63) is 23.8 Å². The number of benzene rings is 1. The first kappa shape index (κ1) is 35.9. The Morgan fingerprint density at radius 2 is 1.34 bits per heavy atom. The van der Waals surface area contributed by atoms with Crippen LogP contribution in [0, 0.1) is 11.8 Å². The van der Waals surface area contributed by atoms with Gasteiger partial charge in [0.1, 0.15) is 18.2 Å². The summed E-state index contributed by atoms with van der Waals surface area (Å²) in [6.45, 7) is 13.4. The fourth-order valence-corrected chi connectivity index (χ4v) is 3.52. The second-order valence-electron chi connectivity index (χ2n) is 10.7. The van der Waals surface area contributed by atoms with Crippen molar-refractivity contribution in [3.63, 3.8) is 0 Å². The molecule has 0 bridgehead atoms. The van der Waals surface area contributed by atoms with Gasteiger partial charge < -0.3 is 29.4 Å². The van der Waals surface area contributed by atoms with Crippen LogP contribution in [0.25, 0.3) is 0 Å². The molecule has 5 atom stereocenters. The zero-order valence-electron chi connectivity index (χ0n) is 25.7. The van der Waals surface area contributed by atoms with Gasteiger partial charge in [-0.3, -0.25) is 14.4 Å². The Balaban J connectivity index is 2.87. The van der Waals surface area contributed by atoms with E-state index < -0.39 is 42.3 Å². The molecule has 0 radical (unpaired) electrons. The molecule has 0 saturated carbocycles. The molecule has 0 aliphatic heterocycles. The monoisotopic (exact) mass is 579 g/mol. The van der Waals surface area contributed by atoms with Gasteiger partial charge in [0.2, 0.25) is 0 Å². The van der Waals surface area contributed by atoms with E-state index in [0.29, 0.717) is 5.56 Å². The summed E-state index contributed by atoms with van der Waals surface area (Å²) in [7, 11) is 0. The number of carbonyl (C=O) groups excluding carboxylic acids is 4. The predicted molar refractivity (Wildman–Crippen MR) is 155 cm³/mol. The molecule has 0 aromatic heterocycles. The van der Waals surface area contributed by atoms with E-state index >= 15 is 0 Å². The van der Waals surface area contributed by atoms with E-state index in [1.807, 2.05) is 34.6 Å². The Morgan fingerprint density at radius 3 is 1.90 bits per heavy atom. The number of carbonyl (C=O) groups is 4.